The number of hydrogen-bond acceptors (Lipinski definition) is 7. The van der Waals surface area contributed by atoms with Crippen LogP contribution in [0.15, 0.2) is 47.4 Å². The second-order valence-corrected chi connectivity index (χ2v) is 8.35. The van der Waals surface area contributed by atoms with Crippen LogP contribution in [0.4, 0.5) is 11.4 Å². The number of benzene rings is 2. The first-order valence-electron chi connectivity index (χ1n) is 8.80. The van der Waals surface area contributed by atoms with E-state index in [4.69, 9.17) is 9.47 Å². The number of nitrogens with one attached hydrogen (secondary N) is 2. The quantitative estimate of drug-likeness (QED) is 0.538. The lowest BCUT2D eigenvalue weighted by Gasteiger charge is -2.19. The molecule has 2 aromatic carbocycles. The number of anilines is 2. The molecule has 2 N–H and O–H groups in total. The van der Waals surface area contributed by atoms with Gasteiger partial charge in [-0.1, -0.05) is 0 Å². The van der Waals surface area contributed by atoms with E-state index in [1.165, 1.54) is 42.5 Å². The molecule has 11 heteroatoms. The number of amides is 1. The third kappa shape index (κ3) is 4.09. The molecule has 1 fully saturated rings. The van der Waals surface area contributed by atoms with E-state index in [-0.39, 0.29) is 11.3 Å². The molecule has 0 aromatic heterocycles. The number of rotatable bonds is 6. The van der Waals surface area contributed by atoms with Gasteiger partial charge in [-0.15, -0.1) is 0 Å². The van der Waals surface area contributed by atoms with E-state index in [2.05, 4.69) is 10.0 Å². The van der Waals surface area contributed by atoms with Crippen molar-refractivity contribution < 1.29 is 27.6 Å². The van der Waals surface area contributed by atoms with Gasteiger partial charge >= 0.3 is 0 Å². The maximum absolute atomic E-state index is 12.6. The molecule has 0 saturated heterocycles. The van der Waals surface area contributed by atoms with E-state index in [9.17, 15) is 23.3 Å². The number of fused-ring (bicyclic) bond motifs is 1. The van der Waals surface area contributed by atoms with Crippen molar-refractivity contribution in [3.8, 4) is 11.5 Å². The van der Waals surface area contributed by atoms with Crippen LogP contribution in [-0.2, 0) is 14.8 Å². The molecule has 1 heterocycles. The van der Waals surface area contributed by atoms with E-state index in [1.807, 2.05) is 0 Å². The van der Waals surface area contributed by atoms with Gasteiger partial charge in [0.25, 0.3) is 10.0 Å². The second kappa shape index (κ2) is 7.24. The summed E-state index contributed by atoms with van der Waals surface area (Å²) in [7, 11) is -3.85. The van der Waals surface area contributed by atoms with E-state index in [1.54, 1.807) is 0 Å². The van der Waals surface area contributed by atoms with Crippen LogP contribution < -0.4 is 19.5 Å². The summed E-state index contributed by atoms with van der Waals surface area (Å²) in [6.07, 6.45) is 0.228. The Labute approximate surface area is 166 Å². The highest BCUT2D eigenvalue weighted by Gasteiger charge is 2.53. The zero-order valence-electron chi connectivity index (χ0n) is 15.0. The van der Waals surface area contributed by atoms with Gasteiger partial charge in [0.05, 0.1) is 4.90 Å². The van der Waals surface area contributed by atoms with Crippen LogP contribution in [0, 0.1) is 16.0 Å². The maximum atomic E-state index is 12.6. The van der Waals surface area contributed by atoms with Crippen LogP contribution in [0.5, 0.6) is 11.5 Å². The first-order chi connectivity index (χ1) is 13.8. The lowest BCUT2D eigenvalue weighted by molar-refractivity contribution is -0.497. The van der Waals surface area contributed by atoms with Crippen LogP contribution >= 0.6 is 0 Å². The maximum Gasteiger partial charge on any atom is 0.262 e. The molecule has 0 radical (unpaired) electrons. The minimum atomic E-state index is -3.85. The number of carbonyl (C=O) groups excluding carboxylic acids is 1. The van der Waals surface area contributed by atoms with Gasteiger partial charge in [-0.2, -0.15) is 0 Å². The van der Waals surface area contributed by atoms with Gasteiger partial charge in [0, 0.05) is 28.8 Å². The Bertz CT molecular complexity index is 1070. The van der Waals surface area contributed by atoms with Crippen LogP contribution in [-0.4, -0.2) is 38.5 Å². The summed E-state index contributed by atoms with van der Waals surface area (Å²) in [6.45, 7) is 0.758. The summed E-state index contributed by atoms with van der Waals surface area (Å²) >= 11 is 0. The number of nitrogens with zero attached hydrogens (tertiary/aromatic N) is 1. The molecular formula is C18H17N3O7S. The van der Waals surface area contributed by atoms with Crippen LogP contribution in [0.3, 0.4) is 0 Å². The Kier molecular flexibility index (Phi) is 4.74. The Morgan fingerprint density at radius 1 is 1.03 bits per heavy atom. The Morgan fingerprint density at radius 3 is 2.34 bits per heavy atom. The Balaban J connectivity index is 1.42. The predicted octanol–water partition coefficient (Wildman–Crippen LogP) is 1.86. The summed E-state index contributed by atoms with van der Waals surface area (Å²) in [4.78, 5) is 22.2. The van der Waals surface area contributed by atoms with Crippen molar-refractivity contribution in [2.24, 2.45) is 5.92 Å². The lowest BCUT2D eigenvalue weighted by atomic mass is 10.2. The molecule has 1 aliphatic carbocycles. The number of nitro groups is 1. The smallest absolute Gasteiger partial charge is 0.262 e. The number of ether oxygens (including phenoxy) is 2. The first kappa shape index (κ1) is 19.0. The van der Waals surface area contributed by atoms with E-state index >= 15 is 0 Å². The normalized spacial score (nSPS) is 19.9. The van der Waals surface area contributed by atoms with Crippen molar-refractivity contribution in [2.75, 3.05) is 23.3 Å². The van der Waals surface area contributed by atoms with Gasteiger partial charge in [-0.25, -0.2) is 8.42 Å². The summed E-state index contributed by atoms with van der Waals surface area (Å²) < 4.78 is 38.5. The van der Waals surface area contributed by atoms with Gasteiger partial charge in [-0.3, -0.25) is 19.6 Å². The average molecular weight is 419 g/mol. The Hall–Kier alpha value is -3.34. The first-order valence-corrected chi connectivity index (χ1v) is 10.3. The van der Waals surface area contributed by atoms with Crippen LogP contribution in [0.1, 0.15) is 6.42 Å². The van der Waals surface area contributed by atoms with Crippen molar-refractivity contribution in [3.05, 3.63) is 52.6 Å². The molecule has 1 amide bonds. The fourth-order valence-electron chi connectivity index (χ4n) is 2.96. The molecule has 0 bridgehead atoms. The third-order valence-electron chi connectivity index (χ3n) is 4.59. The molecular weight excluding hydrogens is 402 g/mol. The molecule has 4 rings (SSSR count). The van der Waals surface area contributed by atoms with Crippen molar-refractivity contribution >= 4 is 27.3 Å². The SMILES string of the molecule is O=C(Nc1ccc(NS(=O)(=O)c2ccc3c(c2)OCCO3)cc1)[C@@H]1C[C@H]1[N+](=O)[O-]. The van der Waals surface area contributed by atoms with Crippen LogP contribution in [0.25, 0.3) is 0 Å². The van der Waals surface area contributed by atoms with Crippen molar-refractivity contribution in [2.45, 2.75) is 17.4 Å². The monoisotopic (exact) mass is 419 g/mol. The molecule has 1 aliphatic heterocycles. The predicted molar refractivity (Wildman–Crippen MR) is 102 cm³/mol. The van der Waals surface area contributed by atoms with Gasteiger partial charge < -0.3 is 14.8 Å². The summed E-state index contributed by atoms with van der Waals surface area (Å²) in [5.74, 6) is -0.190. The highest BCUT2D eigenvalue weighted by Crippen LogP contribution is 2.34. The molecule has 152 valence electrons. The molecule has 0 unspecified atom stereocenters. The third-order valence-corrected chi connectivity index (χ3v) is 5.97. The minimum Gasteiger partial charge on any atom is -0.486 e. The molecule has 1 saturated carbocycles. The molecule has 2 aromatic rings. The zero-order chi connectivity index (χ0) is 20.6. The largest absolute Gasteiger partial charge is 0.486 e. The highest BCUT2D eigenvalue weighted by atomic mass is 32.2. The summed E-state index contributed by atoms with van der Waals surface area (Å²) in [5, 5.41) is 13.2. The van der Waals surface area contributed by atoms with Gasteiger partial charge in [-0.05, 0) is 36.4 Å². The summed E-state index contributed by atoms with van der Waals surface area (Å²) in [6, 6.07) is 9.54. The fourth-order valence-corrected chi connectivity index (χ4v) is 4.03. The Morgan fingerprint density at radius 2 is 1.69 bits per heavy atom. The number of hydrogen-bond donors (Lipinski definition) is 2. The standard InChI is InChI=1S/C18H17N3O7S/c22-18(14-10-15(14)21(23)24)19-11-1-3-12(4-2-11)20-29(25,26)13-5-6-16-17(9-13)28-8-7-27-16/h1-6,9,14-15,20H,7-8,10H2,(H,19,22)/t14-,15-/m1/s1. The molecule has 10 nitrogen and oxygen atoms in total. The second-order valence-electron chi connectivity index (χ2n) is 6.67. The van der Waals surface area contributed by atoms with Crippen molar-refractivity contribution in [1.82, 2.24) is 0 Å². The topological polar surface area (TPSA) is 137 Å². The molecule has 29 heavy (non-hydrogen) atoms. The van der Waals surface area contributed by atoms with Crippen LogP contribution in [0.2, 0.25) is 0 Å². The van der Waals surface area contributed by atoms with E-state index in [0.29, 0.717) is 36.1 Å². The fraction of sp³-hybridized carbons (Fsp3) is 0.278. The lowest BCUT2D eigenvalue weighted by Crippen LogP contribution is -2.18. The number of carbonyl (C=O) groups is 1. The van der Waals surface area contributed by atoms with Crippen molar-refractivity contribution in [3.63, 3.8) is 0 Å². The molecule has 0 spiro atoms. The van der Waals surface area contributed by atoms with Gasteiger partial charge in [0.1, 0.15) is 19.1 Å². The minimum absolute atomic E-state index is 0.0266. The molecule has 2 aliphatic rings. The zero-order valence-corrected chi connectivity index (χ0v) is 15.8. The van der Waals surface area contributed by atoms with E-state index < -0.39 is 32.8 Å². The summed E-state index contributed by atoms with van der Waals surface area (Å²) in [5.41, 5.74) is 0.721. The molecule has 2 atom stereocenters. The van der Waals surface area contributed by atoms with Crippen molar-refractivity contribution in [1.29, 1.82) is 0 Å². The van der Waals surface area contributed by atoms with E-state index in [0.717, 1.165) is 0 Å². The highest BCUT2D eigenvalue weighted by molar-refractivity contribution is 7.92. The van der Waals surface area contributed by atoms with Gasteiger partial charge in [0.2, 0.25) is 11.9 Å². The van der Waals surface area contributed by atoms with Gasteiger partial charge in [0.15, 0.2) is 11.5 Å². The number of sulfonamides is 1. The average Bonchev–Trinajstić information content (AvgIpc) is 3.50.